The van der Waals surface area contributed by atoms with Gasteiger partial charge in [-0.2, -0.15) is 0 Å². The highest BCUT2D eigenvalue weighted by Crippen LogP contribution is 2.40. The number of nitrogens with zero attached hydrogens (tertiary/aromatic N) is 2. The van der Waals surface area contributed by atoms with E-state index in [9.17, 15) is 4.79 Å². The Kier molecular flexibility index (Phi) is 5.07. The van der Waals surface area contributed by atoms with Crippen molar-refractivity contribution in [2.75, 3.05) is 19.7 Å². The summed E-state index contributed by atoms with van der Waals surface area (Å²) in [6.07, 6.45) is 4.82. The van der Waals surface area contributed by atoms with Gasteiger partial charge in [-0.05, 0) is 49.1 Å². The van der Waals surface area contributed by atoms with Crippen molar-refractivity contribution in [1.82, 2.24) is 9.88 Å². The number of carbonyl (C=O) groups excluding carboxylic acids is 1. The van der Waals surface area contributed by atoms with E-state index in [1.54, 1.807) is 0 Å². The van der Waals surface area contributed by atoms with Crippen molar-refractivity contribution in [2.45, 2.75) is 51.1 Å². The van der Waals surface area contributed by atoms with Crippen LogP contribution in [0.4, 0.5) is 0 Å². The van der Waals surface area contributed by atoms with Crippen molar-refractivity contribution in [2.24, 2.45) is 0 Å². The fourth-order valence-corrected chi connectivity index (χ4v) is 5.26. The van der Waals surface area contributed by atoms with Crippen LogP contribution in [0.3, 0.4) is 0 Å². The summed E-state index contributed by atoms with van der Waals surface area (Å²) in [4.78, 5) is 19.2. The van der Waals surface area contributed by atoms with Gasteiger partial charge in [-0.15, -0.1) is 0 Å². The number of aryl methyl sites for hydroxylation is 1. The first-order valence-electron chi connectivity index (χ1n) is 11.8. The quantitative estimate of drug-likeness (QED) is 0.577. The molecule has 33 heavy (non-hydrogen) atoms. The summed E-state index contributed by atoms with van der Waals surface area (Å²) in [6, 6.07) is 14.5. The Morgan fingerprint density at radius 2 is 2.00 bits per heavy atom. The molecular formula is C27H28N2O4. The van der Waals surface area contributed by atoms with Gasteiger partial charge in [0.1, 0.15) is 11.9 Å². The summed E-state index contributed by atoms with van der Waals surface area (Å²) >= 11 is 0. The minimum atomic E-state index is -0.651. The molecule has 0 N–H and O–H groups in total. The van der Waals surface area contributed by atoms with Gasteiger partial charge in [0, 0.05) is 55.2 Å². The maximum absolute atomic E-state index is 12.7. The van der Waals surface area contributed by atoms with Crippen LogP contribution in [0.25, 0.3) is 22.0 Å². The van der Waals surface area contributed by atoms with Gasteiger partial charge >= 0.3 is 0 Å². The standard InChI is InChI=1S/C27H28N2O4/c1-18-21-5-2-3-6-23(21)28-16-22(18)19-8-9-24-20(15-19)17-32-27(33-24)10-12-29(13-11-27)26(30)25-7-4-14-31-25/h2-3,5-6,8-9,15-16,25H,4,7,10-14,17H2,1H3/t25-/m1/s1. The van der Waals surface area contributed by atoms with E-state index >= 15 is 0 Å². The molecule has 3 aromatic rings. The minimum absolute atomic E-state index is 0.113. The average Bonchev–Trinajstić information content (AvgIpc) is 3.40. The lowest BCUT2D eigenvalue weighted by Gasteiger charge is -2.44. The summed E-state index contributed by atoms with van der Waals surface area (Å²) in [5.74, 6) is 0.334. The SMILES string of the molecule is Cc1c(-c2ccc3c(c2)COC2(CCN(C(=O)[C@H]4CCCO4)CC2)O3)cnc2ccccc12. The second-order valence-electron chi connectivity index (χ2n) is 9.26. The van der Waals surface area contributed by atoms with Crippen LogP contribution < -0.4 is 4.74 Å². The molecule has 1 amide bonds. The minimum Gasteiger partial charge on any atom is -0.462 e. The molecule has 1 atom stereocenters. The van der Waals surface area contributed by atoms with Crippen molar-refractivity contribution < 1.29 is 19.0 Å². The van der Waals surface area contributed by atoms with Crippen molar-refractivity contribution in [3.63, 3.8) is 0 Å². The number of amides is 1. The van der Waals surface area contributed by atoms with E-state index in [4.69, 9.17) is 14.2 Å². The highest BCUT2D eigenvalue weighted by atomic mass is 16.7. The topological polar surface area (TPSA) is 60.9 Å². The lowest BCUT2D eigenvalue weighted by atomic mass is 9.96. The van der Waals surface area contributed by atoms with Gasteiger partial charge in [-0.25, -0.2) is 0 Å². The Balaban J connectivity index is 1.19. The summed E-state index contributed by atoms with van der Waals surface area (Å²) in [6.45, 7) is 4.60. The zero-order valence-electron chi connectivity index (χ0n) is 18.9. The molecule has 0 radical (unpaired) electrons. The van der Waals surface area contributed by atoms with Gasteiger partial charge < -0.3 is 19.1 Å². The van der Waals surface area contributed by atoms with E-state index in [0.29, 0.717) is 39.1 Å². The van der Waals surface area contributed by atoms with E-state index in [-0.39, 0.29) is 12.0 Å². The van der Waals surface area contributed by atoms with Gasteiger partial charge in [0.15, 0.2) is 0 Å². The number of piperidine rings is 1. The number of fused-ring (bicyclic) bond motifs is 2. The molecule has 1 aromatic heterocycles. The highest BCUT2D eigenvalue weighted by Gasteiger charge is 2.43. The maximum atomic E-state index is 12.7. The number of likely N-dealkylation sites (tertiary alicyclic amines) is 1. The third kappa shape index (κ3) is 3.67. The van der Waals surface area contributed by atoms with Crippen molar-refractivity contribution >= 4 is 16.8 Å². The number of benzene rings is 2. The number of rotatable bonds is 2. The summed E-state index contributed by atoms with van der Waals surface area (Å²) in [5.41, 5.74) is 5.51. The molecule has 6 nitrogen and oxygen atoms in total. The van der Waals surface area contributed by atoms with Crippen LogP contribution >= 0.6 is 0 Å². The van der Waals surface area contributed by atoms with Crippen LogP contribution in [0.1, 0.15) is 36.8 Å². The molecule has 0 unspecified atom stereocenters. The largest absolute Gasteiger partial charge is 0.462 e. The molecule has 1 spiro atoms. The molecule has 3 aliphatic heterocycles. The molecular weight excluding hydrogens is 416 g/mol. The molecule has 0 saturated carbocycles. The van der Waals surface area contributed by atoms with Gasteiger partial charge in [0.05, 0.1) is 12.1 Å². The number of para-hydroxylation sites is 1. The van der Waals surface area contributed by atoms with Crippen LogP contribution in [0.2, 0.25) is 0 Å². The zero-order valence-corrected chi connectivity index (χ0v) is 18.9. The first kappa shape index (κ1) is 20.6. The van der Waals surface area contributed by atoms with E-state index in [2.05, 4.69) is 36.2 Å². The normalized spacial score (nSPS) is 21.7. The van der Waals surface area contributed by atoms with E-state index in [1.807, 2.05) is 29.3 Å². The van der Waals surface area contributed by atoms with Crippen molar-refractivity contribution in [1.29, 1.82) is 0 Å². The molecule has 6 rings (SSSR count). The Hall–Kier alpha value is -2.96. The third-order valence-corrected chi connectivity index (χ3v) is 7.25. The number of carbonyl (C=O) groups is 1. The van der Waals surface area contributed by atoms with Gasteiger partial charge in [-0.1, -0.05) is 24.3 Å². The smallest absolute Gasteiger partial charge is 0.251 e. The molecule has 170 valence electrons. The third-order valence-electron chi connectivity index (χ3n) is 7.25. The maximum Gasteiger partial charge on any atom is 0.251 e. The van der Waals surface area contributed by atoms with Crippen molar-refractivity contribution in [3.05, 3.63) is 59.8 Å². The summed E-state index contributed by atoms with van der Waals surface area (Å²) in [5, 5.41) is 1.17. The second kappa shape index (κ2) is 8.12. The average molecular weight is 445 g/mol. The fraction of sp³-hybridized carbons (Fsp3) is 0.407. The molecule has 2 aromatic carbocycles. The van der Waals surface area contributed by atoms with Crippen LogP contribution in [0.15, 0.2) is 48.7 Å². The van der Waals surface area contributed by atoms with Crippen molar-refractivity contribution in [3.8, 4) is 16.9 Å². The number of aromatic nitrogens is 1. The van der Waals surface area contributed by atoms with Crippen LogP contribution in [-0.4, -0.2) is 47.4 Å². The number of pyridine rings is 1. The molecule has 0 aliphatic carbocycles. The molecule has 2 fully saturated rings. The van der Waals surface area contributed by atoms with Crippen LogP contribution in [0, 0.1) is 6.92 Å². The molecule has 6 heteroatoms. The summed E-state index contributed by atoms with van der Waals surface area (Å²) in [7, 11) is 0. The molecule has 4 heterocycles. The predicted molar refractivity (Wildman–Crippen MR) is 125 cm³/mol. The Morgan fingerprint density at radius 3 is 2.82 bits per heavy atom. The lowest BCUT2D eigenvalue weighted by Crippen LogP contribution is -2.54. The van der Waals surface area contributed by atoms with Gasteiger partial charge in [0.25, 0.3) is 5.91 Å². The monoisotopic (exact) mass is 444 g/mol. The Bertz CT molecular complexity index is 1210. The van der Waals surface area contributed by atoms with E-state index in [1.165, 1.54) is 10.9 Å². The first-order valence-corrected chi connectivity index (χ1v) is 11.8. The zero-order chi connectivity index (χ0) is 22.4. The number of hydrogen-bond acceptors (Lipinski definition) is 5. The predicted octanol–water partition coefficient (Wildman–Crippen LogP) is 4.62. The van der Waals surface area contributed by atoms with E-state index < -0.39 is 5.79 Å². The first-order chi connectivity index (χ1) is 16.1. The summed E-state index contributed by atoms with van der Waals surface area (Å²) < 4.78 is 18.2. The fourth-order valence-electron chi connectivity index (χ4n) is 5.26. The molecule has 2 saturated heterocycles. The van der Waals surface area contributed by atoms with Gasteiger partial charge in [0.2, 0.25) is 5.79 Å². The van der Waals surface area contributed by atoms with Gasteiger partial charge in [-0.3, -0.25) is 9.78 Å². The number of ether oxygens (including phenoxy) is 3. The highest BCUT2D eigenvalue weighted by molar-refractivity contribution is 5.88. The van der Waals surface area contributed by atoms with Crippen LogP contribution in [0.5, 0.6) is 5.75 Å². The van der Waals surface area contributed by atoms with E-state index in [0.717, 1.165) is 40.8 Å². The van der Waals surface area contributed by atoms with Crippen LogP contribution in [-0.2, 0) is 20.9 Å². The Morgan fingerprint density at radius 1 is 1.15 bits per heavy atom. The number of hydrogen-bond donors (Lipinski definition) is 0. The second-order valence-corrected chi connectivity index (χ2v) is 9.26. The molecule has 3 aliphatic rings. The molecule has 0 bridgehead atoms. The Labute approximate surface area is 193 Å². The lowest BCUT2D eigenvalue weighted by molar-refractivity contribution is -0.228.